The third kappa shape index (κ3) is 3.91. The molecule has 6 aromatic rings. The number of halogens is 1. The lowest BCUT2D eigenvalue weighted by molar-refractivity contribution is 0.0526. The largest absolute Gasteiger partial charge is 0.462 e. The van der Waals surface area contributed by atoms with Gasteiger partial charge in [0, 0.05) is 5.02 Å². The first-order valence-electron chi connectivity index (χ1n) is 11.7. The lowest BCUT2D eigenvalue weighted by atomic mass is 10.2. The second kappa shape index (κ2) is 9.15. The van der Waals surface area contributed by atoms with E-state index < -0.39 is 5.97 Å². The Kier molecular flexibility index (Phi) is 5.65. The minimum atomic E-state index is -0.434. The van der Waals surface area contributed by atoms with Crippen molar-refractivity contribution in [2.75, 3.05) is 6.61 Å². The SMILES string of the molecule is CCOC(=O)c1cccc(-n2c3nc4ccccc4nc3c3c(=O)n(Cc4ccccc4Cl)cnc32)c1. The molecule has 3 aromatic heterocycles. The summed E-state index contributed by atoms with van der Waals surface area (Å²) in [5, 5.41) is 0.905. The molecule has 0 saturated carbocycles. The predicted octanol–water partition coefficient (Wildman–Crippen LogP) is 5.16. The van der Waals surface area contributed by atoms with Crippen LogP contribution >= 0.6 is 11.6 Å². The van der Waals surface area contributed by atoms with Gasteiger partial charge < -0.3 is 4.74 Å². The molecule has 0 amide bonds. The normalized spacial score (nSPS) is 11.4. The quantitative estimate of drug-likeness (QED) is 0.298. The maximum absolute atomic E-state index is 13.8. The van der Waals surface area contributed by atoms with Gasteiger partial charge in [-0.3, -0.25) is 13.9 Å². The van der Waals surface area contributed by atoms with E-state index in [1.165, 1.54) is 10.9 Å². The number of fused-ring (bicyclic) bond motifs is 4. The number of ether oxygens (including phenoxy) is 1. The van der Waals surface area contributed by atoms with E-state index >= 15 is 0 Å². The Morgan fingerprint density at radius 2 is 1.70 bits per heavy atom. The average molecular weight is 510 g/mol. The van der Waals surface area contributed by atoms with Crippen LogP contribution < -0.4 is 5.56 Å². The van der Waals surface area contributed by atoms with Crippen LogP contribution in [-0.2, 0) is 11.3 Å². The molecule has 0 aliphatic carbocycles. The molecule has 0 aliphatic rings. The van der Waals surface area contributed by atoms with Gasteiger partial charge in [-0.25, -0.2) is 19.7 Å². The van der Waals surface area contributed by atoms with Crippen LogP contribution in [0.4, 0.5) is 0 Å². The molecule has 3 heterocycles. The number of para-hydroxylation sites is 2. The molecule has 0 atom stereocenters. The van der Waals surface area contributed by atoms with Gasteiger partial charge >= 0.3 is 5.97 Å². The number of nitrogens with zero attached hydrogens (tertiary/aromatic N) is 5. The van der Waals surface area contributed by atoms with Gasteiger partial charge in [-0.1, -0.05) is 48.0 Å². The number of hydrogen-bond acceptors (Lipinski definition) is 6. The Labute approximate surface area is 215 Å². The van der Waals surface area contributed by atoms with Crippen LogP contribution in [0.25, 0.3) is 38.9 Å². The van der Waals surface area contributed by atoms with Crippen LogP contribution in [0.1, 0.15) is 22.8 Å². The molecule has 0 fully saturated rings. The van der Waals surface area contributed by atoms with Crippen molar-refractivity contribution in [3.8, 4) is 5.69 Å². The van der Waals surface area contributed by atoms with E-state index in [2.05, 4.69) is 4.98 Å². The highest BCUT2D eigenvalue weighted by Gasteiger charge is 2.22. The number of esters is 1. The molecule has 0 aliphatic heterocycles. The molecule has 182 valence electrons. The summed E-state index contributed by atoms with van der Waals surface area (Å²) in [6.45, 7) is 2.28. The van der Waals surface area contributed by atoms with Crippen LogP contribution in [0.2, 0.25) is 5.02 Å². The van der Waals surface area contributed by atoms with Gasteiger partial charge in [0.2, 0.25) is 0 Å². The summed E-state index contributed by atoms with van der Waals surface area (Å²) in [6.07, 6.45) is 1.50. The smallest absolute Gasteiger partial charge is 0.338 e. The third-order valence-corrected chi connectivity index (χ3v) is 6.51. The molecule has 0 bridgehead atoms. The molecular weight excluding hydrogens is 490 g/mol. The minimum absolute atomic E-state index is 0.257. The molecule has 0 radical (unpaired) electrons. The molecular formula is C28H20ClN5O3. The fraction of sp³-hybridized carbons (Fsp3) is 0.107. The fourth-order valence-electron chi connectivity index (χ4n) is 4.43. The van der Waals surface area contributed by atoms with Crippen molar-refractivity contribution in [3.63, 3.8) is 0 Å². The summed E-state index contributed by atoms with van der Waals surface area (Å²) >= 11 is 6.35. The summed E-state index contributed by atoms with van der Waals surface area (Å²) < 4.78 is 8.45. The van der Waals surface area contributed by atoms with Gasteiger partial charge in [0.1, 0.15) is 17.2 Å². The van der Waals surface area contributed by atoms with Crippen molar-refractivity contribution in [2.24, 2.45) is 0 Å². The van der Waals surface area contributed by atoms with Crippen molar-refractivity contribution in [3.05, 3.63) is 106 Å². The third-order valence-electron chi connectivity index (χ3n) is 6.14. The minimum Gasteiger partial charge on any atom is -0.462 e. The zero-order valence-corrected chi connectivity index (χ0v) is 20.5. The zero-order valence-electron chi connectivity index (χ0n) is 19.8. The van der Waals surface area contributed by atoms with Gasteiger partial charge in [-0.2, -0.15) is 0 Å². The number of rotatable bonds is 5. The number of carbonyl (C=O) groups is 1. The highest BCUT2D eigenvalue weighted by atomic mass is 35.5. The Bertz CT molecular complexity index is 1890. The van der Waals surface area contributed by atoms with Crippen molar-refractivity contribution in [1.82, 2.24) is 24.1 Å². The summed E-state index contributed by atoms with van der Waals surface area (Å²) in [4.78, 5) is 40.6. The molecule has 9 heteroatoms. The summed E-state index contributed by atoms with van der Waals surface area (Å²) in [5.41, 5.74) is 4.17. The van der Waals surface area contributed by atoms with Crippen molar-refractivity contribution in [2.45, 2.75) is 13.5 Å². The Morgan fingerprint density at radius 1 is 0.946 bits per heavy atom. The monoisotopic (exact) mass is 509 g/mol. The van der Waals surface area contributed by atoms with Crippen molar-refractivity contribution in [1.29, 1.82) is 0 Å². The maximum Gasteiger partial charge on any atom is 0.338 e. The molecule has 3 aromatic carbocycles. The van der Waals surface area contributed by atoms with Gasteiger partial charge in [0.15, 0.2) is 11.3 Å². The van der Waals surface area contributed by atoms with E-state index in [0.29, 0.717) is 49.5 Å². The van der Waals surface area contributed by atoms with E-state index in [4.69, 9.17) is 26.3 Å². The lowest BCUT2D eigenvalue weighted by Crippen LogP contribution is -2.21. The summed E-state index contributed by atoms with van der Waals surface area (Å²) in [6, 6.07) is 21.8. The van der Waals surface area contributed by atoms with Crippen molar-refractivity contribution < 1.29 is 9.53 Å². The maximum atomic E-state index is 13.8. The van der Waals surface area contributed by atoms with Crippen LogP contribution in [0.15, 0.2) is 83.9 Å². The second-order valence-electron chi connectivity index (χ2n) is 8.46. The topological polar surface area (TPSA) is 91.9 Å². The first-order valence-corrected chi connectivity index (χ1v) is 12.1. The van der Waals surface area contributed by atoms with Crippen molar-refractivity contribution >= 4 is 50.8 Å². The van der Waals surface area contributed by atoms with Crippen LogP contribution in [0.5, 0.6) is 0 Å². The van der Waals surface area contributed by atoms with Gasteiger partial charge in [0.05, 0.1) is 35.4 Å². The fourth-order valence-corrected chi connectivity index (χ4v) is 4.62. The zero-order chi connectivity index (χ0) is 25.5. The lowest BCUT2D eigenvalue weighted by Gasteiger charge is -2.10. The summed E-state index contributed by atoms with van der Waals surface area (Å²) in [5.74, 6) is -0.434. The molecule has 0 N–H and O–H groups in total. The van der Waals surface area contributed by atoms with Crippen LogP contribution in [0, 0.1) is 0 Å². The number of benzene rings is 3. The van der Waals surface area contributed by atoms with E-state index in [1.807, 2.05) is 48.5 Å². The number of carbonyl (C=O) groups excluding carboxylic acids is 1. The van der Waals surface area contributed by atoms with Gasteiger partial charge in [0.25, 0.3) is 5.56 Å². The Hall–Kier alpha value is -4.56. The van der Waals surface area contributed by atoms with Gasteiger partial charge in [-0.15, -0.1) is 0 Å². The molecule has 0 saturated heterocycles. The van der Waals surface area contributed by atoms with E-state index in [1.54, 1.807) is 35.8 Å². The highest BCUT2D eigenvalue weighted by molar-refractivity contribution is 6.31. The van der Waals surface area contributed by atoms with E-state index in [-0.39, 0.29) is 18.7 Å². The molecule has 8 nitrogen and oxygen atoms in total. The number of hydrogen-bond donors (Lipinski definition) is 0. The molecule has 37 heavy (non-hydrogen) atoms. The molecule has 6 rings (SSSR count). The average Bonchev–Trinajstić information content (AvgIpc) is 3.24. The first kappa shape index (κ1) is 22.9. The van der Waals surface area contributed by atoms with E-state index in [9.17, 15) is 9.59 Å². The van der Waals surface area contributed by atoms with E-state index in [0.717, 1.165) is 5.56 Å². The first-order chi connectivity index (χ1) is 18.0. The highest BCUT2D eigenvalue weighted by Crippen LogP contribution is 2.29. The predicted molar refractivity (Wildman–Crippen MR) is 142 cm³/mol. The second-order valence-corrected chi connectivity index (χ2v) is 8.87. The Balaban J connectivity index is 1.64. The number of aromatic nitrogens is 5. The van der Waals surface area contributed by atoms with Gasteiger partial charge in [-0.05, 0) is 48.9 Å². The Morgan fingerprint density at radius 3 is 2.49 bits per heavy atom. The molecule has 0 unspecified atom stereocenters. The van der Waals surface area contributed by atoms with Crippen LogP contribution in [-0.4, -0.2) is 36.7 Å². The molecule has 0 spiro atoms. The summed E-state index contributed by atoms with van der Waals surface area (Å²) in [7, 11) is 0. The standard InChI is InChI=1S/C28H20ClN5O3/c1-2-37-28(36)17-9-7-10-19(14-17)34-25-23(24-26(34)32-22-13-6-5-12-21(22)31-24)27(35)33(16-30-25)15-18-8-3-4-11-20(18)29/h3-14,16H,2,15H2,1H3. The van der Waals surface area contributed by atoms with Crippen LogP contribution in [0.3, 0.4) is 0 Å².